The third-order valence-electron chi connectivity index (χ3n) is 3.29. The highest BCUT2D eigenvalue weighted by Gasteiger charge is 2.06. The SMILES string of the molecule is CCN(CC)c1ccc(N=Nc2cc3sc(Br)nc3s2)cc1. The second kappa shape index (κ2) is 6.85. The van der Waals surface area contributed by atoms with Crippen molar-refractivity contribution in [1.82, 2.24) is 4.98 Å². The van der Waals surface area contributed by atoms with Gasteiger partial charge >= 0.3 is 0 Å². The molecule has 1 aromatic carbocycles. The zero-order valence-electron chi connectivity index (χ0n) is 12.3. The molecule has 0 aliphatic carbocycles. The van der Waals surface area contributed by atoms with E-state index in [4.69, 9.17) is 0 Å². The molecule has 3 rings (SSSR count). The smallest absolute Gasteiger partial charge is 0.161 e. The first kappa shape index (κ1) is 15.6. The van der Waals surface area contributed by atoms with Crippen LogP contribution in [0.2, 0.25) is 0 Å². The Balaban J connectivity index is 1.75. The number of nitrogens with zero attached hydrogens (tertiary/aromatic N) is 4. The van der Waals surface area contributed by atoms with Gasteiger partial charge in [0, 0.05) is 18.8 Å². The Morgan fingerprint density at radius 2 is 1.82 bits per heavy atom. The molecule has 3 aromatic rings. The number of benzene rings is 1. The maximum atomic E-state index is 4.39. The van der Waals surface area contributed by atoms with Crippen molar-refractivity contribution in [3.63, 3.8) is 0 Å². The lowest BCUT2D eigenvalue weighted by molar-refractivity contribution is 0.866. The van der Waals surface area contributed by atoms with Crippen molar-refractivity contribution in [2.45, 2.75) is 13.8 Å². The number of fused-ring (bicyclic) bond motifs is 1. The third kappa shape index (κ3) is 3.37. The van der Waals surface area contributed by atoms with E-state index in [2.05, 4.69) is 62.0 Å². The van der Waals surface area contributed by atoms with Gasteiger partial charge in [-0.1, -0.05) is 11.3 Å². The molecular weight excluding hydrogens is 380 g/mol. The van der Waals surface area contributed by atoms with E-state index in [0.717, 1.165) is 37.2 Å². The average Bonchev–Trinajstić information content (AvgIpc) is 3.04. The molecule has 0 fully saturated rings. The van der Waals surface area contributed by atoms with Crippen LogP contribution in [0.3, 0.4) is 0 Å². The van der Waals surface area contributed by atoms with E-state index in [9.17, 15) is 0 Å². The van der Waals surface area contributed by atoms with Crippen molar-refractivity contribution in [2.24, 2.45) is 10.2 Å². The molecule has 0 amide bonds. The second-order valence-corrected chi connectivity index (χ2v) is 7.93. The summed E-state index contributed by atoms with van der Waals surface area (Å²) < 4.78 is 2.05. The van der Waals surface area contributed by atoms with E-state index < -0.39 is 0 Å². The fourth-order valence-electron chi connectivity index (χ4n) is 2.17. The van der Waals surface area contributed by atoms with E-state index in [1.54, 1.807) is 22.7 Å². The van der Waals surface area contributed by atoms with Crippen LogP contribution in [0.4, 0.5) is 16.4 Å². The molecule has 22 heavy (non-hydrogen) atoms. The van der Waals surface area contributed by atoms with Crippen LogP contribution in [0.15, 0.2) is 44.5 Å². The fourth-order valence-corrected chi connectivity index (χ4v) is 4.75. The van der Waals surface area contributed by atoms with Gasteiger partial charge in [-0.2, -0.15) is 0 Å². The molecule has 0 N–H and O–H groups in total. The molecule has 2 heterocycles. The number of aromatic nitrogens is 1. The second-order valence-electron chi connectivity index (χ2n) is 4.61. The third-order valence-corrected chi connectivity index (χ3v) is 5.79. The van der Waals surface area contributed by atoms with Gasteiger partial charge in [-0.05, 0) is 60.1 Å². The summed E-state index contributed by atoms with van der Waals surface area (Å²) >= 11 is 6.56. The number of rotatable bonds is 5. The normalized spacial score (nSPS) is 11.6. The minimum atomic E-state index is 0.863. The van der Waals surface area contributed by atoms with E-state index in [1.165, 1.54) is 5.69 Å². The summed E-state index contributed by atoms with van der Waals surface area (Å²) in [7, 11) is 0. The van der Waals surface area contributed by atoms with Gasteiger partial charge in [-0.15, -0.1) is 21.6 Å². The molecule has 0 aliphatic rings. The van der Waals surface area contributed by atoms with Crippen LogP contribution in [0.5, 0.6) is 0 Å². The van der Waals surface area contributed by atoms with Crippen LogP contribution in [-0.4, -0.2) is 18.1 Å². The van der Waals surface area contributed by atoms with Crippen molar-refractivity contribution in [3.8, 4) is 0 Å². The monoisotopic (exact) mass is 394 g/mol. The largest absolute Gasteiger partial charge is 0.372 e. The van der Waals surface area contributed by atoms with Crippen LogP contribution in [0.1, 0.15) is 13.8 Å². The summed E-state index contributed by atoms with van der Waals surface area (Å²) in [5, 5.41) is 9.50. The van der Waals surface area contributed by atoms with Gasteiger partial charge in [0.05, 0.1) is 10.4 Å². The number of halogens is 1. The van der Waals surface area contributed by atoms with E-state index in [-0.39, 0.29) is 0 Å². The highest BCUT2D eigenvalue weighted by Crippen LogP contribution is 2.37. The van der Waals surface area contributed by atoms with Gasteiger partial charge in [0.25, 0.3) is 0 Å². The molecule has 7 heteroatoms. The molecule has 2 aromatic heterocycles. The summed E-state index contributed by atoms with van der Waals surface area (Å²) in [4.78, 5) is 7.69. The number of hydrogen-bond donors (Lipinski definition) is 0. The molecule has 0 atom stereocenters. The lowest BCUT2D eigenvalue weighted by atomic mass is 10.2. The van der Waals surface area contributed by atoms with Crippen molar-refractivity contribution in [1.29, 1.82) is 0 Å². The fraction of sp³-hybridized carbons (Fsp3) is 0.267. The Labute approximate surface area is 145 Å². The van der Waals surface area contributed by atoms with Crippen LogP contribution >= 0.6 is 38.6 Å². The van der Waals surface area contributed by atoms with E-state index >= 15 is 0 Å². The molecule has 0 aliphatic heterocycles. The van der Waals surface area contributed by atoms with Crippen molar-refractivity contribution in [2.75, 3.05) is 18.0 Å². The molecular formula is C15H15BrN4S2. The number of anilines is 1. The number of hydrogen-bond acceptors (Lipinski definition) is 6. The van der Waals surface area contributed by atoms with Gasteiger partial charge in [-0.25, -0.2) is 4.98 Å². The Hall–Kier alpha value is -1.31. The van der Waals surface area contributed by atoms with Crippen molar-refractivity contribution >= 4 is 64.5 Å². The predicted octanol–water partition coefficient (Wildman–Crippen LogP) is 6.38. The summed E-state index contributed by atoms with van der Waals surface area (Å²) in [5.41, 5.74) is 2.08. The first-order valence-electron chi connectivity index (χ1n) is 7.02. The number of azo groups is 1. The quantitative estimate of drug-likeness (QED) is 0.470. The molecule has 0 spiro atoms. The average molecular weight is 395 g/mol. The van der Waals surface area contributed by atoms with Gasteiger partial charge in [0.2, 0.25) is 0 Å². The molecule has 114 valence electrons. The zero-order chi connectivity index (χ0) is 15.5. The molecule has 0 saturated carbocycles. The van der Waals surface area contributed by atoms with Crippen LogP contribution in [0.25, 0.3) is 9.53 Å². The Bertz CT molecular complexity index is 756. The Kier molecular flexibility index (Phi) is 4.85. The number of thiazole rings is 1. The van der Waals surface area contributed by atoms with Crippen molar-refractivity contribution < 1.29 is 0 Å². The lowest BCUT2D eigenvalue weighted by Gasteiger charge is -2.20. The summed E-state index contributed by atoms with van der Waals surface area (Å²) in [6.45, 7) is 6.33. The summed E-state index contributed by atoms with van der Waals surface area (Å²) in [6, 6.07) is 10.2. The minimum Gasteiger partial charge on any atom is -0.372 e. The highest BCUT2D eigenvalue weighted by atomic mass is 79.9. The standard InChI is InChI=1S/C15H15BrN4S2/c1-3-20(4-2)11-7-5-10(6-8-11)18-19-13-9-12-14(22-13)17-15(16)21-12/h5-9H,3-4H2,1-2H3. The maximum Gasteiger partial charge on any atom is 0.161 e. The first-order valence-corrected chi connectivity index (χ1v) is 9.44. The van der Waals surface area contributed by atoms with Gasteiger partial charge in [0.1, 0.15) is 9.83 Å². The van der Waals surface area contributed by atoms with Crippen LogP contribution in [0, 0.1) is 0 Å². The van der Waals surface area contributed by atoms with E-state index in [0.29, 0.717) is 0 Å². The highest BCUT2D eigenvalue weighted by molar-refractivity contribution is 9.11. The first-order chi connectivity index (χ1) is 10.7. The van der Waals surface area contributed by atoms with Crippen LogP contribution in [-0.2, 0) is 0 Å². The summed E-state index contributed by atoms with van der Waals surface area (Å²) in [5.74, 6) is 0. The number of thiophene rings is 1. The minimum absolute atomic E-state index is 0.863. The van der Waals surface area contributed by atoms with E-state index in [1.807, 2.05) is 18.2 Å². The molecule has 0 saturated heterocycles. The molecule has 4 nitrogen and oxygen atoms in total. The maximum absolute atomic E-state index is 4.39. The van der Waals surface area contributed by atoms with Gasteiger partial charge < -0.3 is 4.90 Å². The Morgan fingerprint density at radius 3 is 2.45 bits per heavy atom. The van der Waals surface area contributed by atoms with Crippen LogP contribution < -0.4 is 4.90 Å². The molecule has 0 radical (unpaired) electrons. The lowest BCUT2D eigenvalue weighted by Crippen LogP contribution is -2.21. The molecule has 0 unspecified atom stereocenters. The Morgan fingerprint density at radius 1 is 1.09 bits per heavy atom. The van der Waals surface area contributed by atoms with Gasteiger partial charge in [0.15, 0.2) is 3.92 Å². The topological polar surface area (TPSA) is 40.9 Å². The zero-order valence-corrected chi connectivity index (χ0v) is 15.5. The van der Waals surface area contributed by atoms with Crippen molar-refractivity contribution in [3.05, 3.63) is 34.2 Å². The van der Waals surface area contributed by atoms with Gasteiger partial charge in [-0.3, -0.25) is 0 Å². The molecule has 0 bridgehead atoms. The summed E-state index contributed by atoms with van der Waals surface area (Å²) in [6.07, 6.45) is 0. The predicted molar refractivity (Wildman–Crippen MR) is 99.4 cm³/mol.